The van der Waals surface area contributed by atoms with Crippen molar-refractivity contribution < 1.29 is 19.4 Å². The molecule has 0 saturated carbocycles. The number of aldehydes is 1. The van der Waals surface area contributed by atoms with Crippen molar-refractivity contribution in [1.82, 2.24) is 0 Å². The van der Waals surface area contributed by atoms with Crippen molar-refractivity contribution >= 4 is 23.0 Å². The molecule has 17 heavy (non-hydrogen) atoms. The van der Waals surface area contributed by atoms with Crippen LogP contribution in [-0.2, 0) is 9.68 Å². The summed E-state index contributed by atoms with van der Waals surface area (Å²) >= 11 is 0. The summed E-state index contributed by atoms with van der Waals surface area (Å²) < 4.78 is 0. The van der Waals surface area contributed by atoms with Gasteiger partial charge in [-0.05, 0) is 17.5 Å². The molecule has 0 unspecified atom stereocenters. The number of hydrogen-bond acceptors (Lipinski definition) is 4. The zero-order valence-corrected chi connectivity index (χ0v) is 9.17. The first-order chi connectivity index (χ1) is 8.22. The summed E-state index contributed by atoms with van der Waals surface area (Å²) in [5.74, 6) is -0.130. The van der Waals surface area contributed by atoms with Crippen LogP contribution in [0.25, 0.3) is 10.8 Å². The molecule has 0 amide bonds. The molecule has 2 aromatic carbocycles. The van der Waals surface area contributed by atoms with Crippen LogP contribution in [0.1, 0.15) is 17.3 Å². The van der Waals surface area contributed by atoms with Crippen molar-refractivity contribution in [2.24, 2.45) is 0 Å². The first kappa shape index (κ1) is 11.1. The highest BCUT2D eigenvalue weighted by atomic mass is 17.2. The number of carbonyl (C=O) groups excluding carboxylic acids is 2. The van der Waals surface area contributed by atoms with E-state index in [-0.39, 0.29) is 0 Å². The molecule has 0 bridgehead atoms. The summed E-state index contributed by atoms with van der Waals surface area (Å²) in [5, 5.41) is 1.48. The number of fused-ring (bicyclic) bond motifs is 1. The molecule has 0 aromatic heterocycles. The predicted molar refractivity (Wildman–Crippen MR) is 61.7 cm³/mol. The molecule has 0 saturated heterocycles. The highest BCUT2D eigenvalue weighted by Crippen LogP contribution is 2.27. The van der Waals surface area contributed by atoms with E-state index in [4.69, 9.17) is 4.89 Å². The summed E-state index contributed by atoms with van der Waals surface area (Å²) in [6.07, 6.45) is 0.776. The molecule has 0 atom stereocenters. The number of carbonyl (C=O) groups is 2. The van der Waals surface area contributed by atoms with E-state index in [0.29, 0.717) is 11.3 Å². The Morgan fingerprint density at radius 1 is 1.12 bits per heavy atom. The highest BCUT2D eigenvalue weighted by Gasteiger charge is 2.07. The molecule has 0 aliphatic heterocycles. The average Bonchev–Trinajstić information content (AvgIpc) is 2.35. The Labute approximate surface area is 97.7 Å². The summed E-state index contributed by atoms with van der Waals surface area (Å²) in [6.45, 7) is 1.25. The van der Waals surface area contributed by atoms with Gasteiger partial charge in [0, 0.05) is 17.9 Å². The van der Waals surface area contributed by atoms with Crippen LogP contribution in [0.15, 0.2) is 36.4 Å². The van der Waals surface area contributed by atoms with Gasteiger partial charge in [0.25, 0.3) is 0 Å². The van der Waals surface area contributed by atoms with Crippen LogP contribution >= 0.6 is 0 Å². The molecular formula is C13H10O4. The number of benzene rings is 2. The first-order valence-electron chi connectivity index (χ1n) is 5.04. The lowest BCUT2D eigenvalue weighted by molar-refractivity contribution is -0.210. The fourth-order valence-corrected chi connectivity index (χ4v) is 1.57. The van der Waals surface area contributed by atoms with E-state index in [1.165, 1.54) is 6.92 Å². The zero-order chi connectivity index (χ0) is 12.3. The Morgan fingerprint density at radius 2 is 1.82 bits per heavy atom. The van der Waals surface area contributed by atoms with Crippen molar-refractivity contribution in [2.75, 3.05) is 0 Å². The average molecular weight is 230 g/mol. The highest BCUT2D eigenvalue weighted by molar-refractivity contribution is 6.00. The summed E-state index contributed by atoms with van der Waals surface area (Å²) in [7, 11) is 0. The summed E-state index contributed by atoms with van der Waals surface area (Å²) in [6, 6.07) is 10.5. The molecule has 4 nitrogen and oxygen atoms in total. The minimum absolute atomic E-state index is 0.404. The van der Waals surface area contributed by atoms with Crippen molar-refractivity contribution in [1.29, 1.82) is 0 Å². The predicted octanol–water partition coefficient (Wildman–Crippen LogP) is 2.51. The Kier molecular flexibility index (Phi) is 3.05. The maximum Gasteiger partial charge on any atom is 0.352 e. The van der Waals surface area contributed by atoms with Crippen LogP contribution in [0.2, 0.25) is 0 Å². The van der Waals surface area contributed by atoms with Crippen LogP contribution in [0.5, 0.6) is 5.75 Å². The normalized spacial score (nSPS) is 9.94. The zero-order valence-electron chi connectivity index (χ0n) is 9.17. The minimum Gasteiger partial charge on any atom is -0.298 e. The molecular weight excluding hydrogens is 220 g/mol. The molecule has 0 radical (unpaired) electrons. The standard InChI is InChI=1S/C13H10O4/c1-9(15)16-17-13-7-6-10(8-14)11-4-2-3-5-12(11)13/h2-8H,1H3. The Morgan fingerprint density at radius 3 is 2.47 bits per heavy atom. The molecule has 2 aromatic rings. The third kappa shape index (κ3) is 2.25. The van der Waals surface area contributed by atoms with E-state index in [1.54, 1.807) is 24.3 Å². The van der Waals surface area contributed by atoms with Crippen molar-refractivity contribution in [3.8, 4) is 5.75 Å². The Balaban J connectivity index is 2.50. The van der Waals surface area contributed by atoms with Gasteiger partial charge in [0.05, 0.1) is 0 Å². The van der Waals surface area contributed by atoms with E-state index < -0.39 is 5.97 Å². The van der Waals surface area contributed by atoms with E-state index in [9.17, 15) is 9.59 Å². The first-order valence-corrected chi connectivity index (χ1v) is 5.04. The Bertz CT molecular complexity index is 575. The fourth-order valence-electron chi connectivity index (χ4n) is 1.57. The van der Waals surface area contributed by atoms with Crippen LogP contribution in [0, 0.1) is 0 Å². The lowest BCUT2D eigenvalue weighted by Crippen LogP contribution is -2.03. The molecule has 2 rings (SSSR count). The lowest BCUT2D eigenvalue weighted by atomic mass is 10.0. The largest absolute Gasteiger partial charge is 0.352 e. The third-order valence-electron chi connectivity index (χ3n) is 2.29. The van der Waals surface area contributed by atoms with Gasteiger partial charge >= 0.3 is 5.97 Å². The molecule has 0 fully saturated rings. The topological polar surface area (TPSA) is 52.6 Å². The van der Waals surface area contributed by atoms with Gasteiger partial charge in [0.1, 0.15) is 0 Å². The van der Waals surface area contributed by atoms with Gasteiger partial charge in [-0.3, -0.25) is 14.6 Å². The summed E-state index contributed by atoms with van der Waals surface area (Å²) in [4.78, 5) is 30.9. The second-order valence-corrected chi connectivity index (χ2v) is 3.47. The quantitative estimate of drug-likeness (QED) is 0.462. The van der Waals surface area contributed by atoms with Crippen LogP contribution in [0.3, 0.4) is 0 Å². The maximum atomic E-state index is 10.9. The van der Waals surface area contributed by atoms with Gasteiger partial charge in [-0.2, -0.15) is 0 Å². The van der Waals surface area contributed by atoms with Crippen LogP contribution < -0.4 is 4.89 Å². The van der Waals surface area contributed by atoms with E-state index in [2.05, 4.69) is 4.89 Å². The third-order valence-corrected chi connectivity index (χ3v) is 2.29. The minimum atomic E-state index is -0.534. The number of hydrogen-bond donors (Lipinski definition) is 0. The van der Waals surface area contributed by atoms with E-state index in [0.717, 1.165) is 17.1 Å². The van der Waals surface area contributed by atoms with Gasteiger partial charge in [-0.1, -0.05) is 24.3 Å². The Hall–Kier alpha value is -2.36. The molecule has 0 N–H and O–H groups in total. The fraction of sp³-hybridized carbons (Fsp3) is 0.0769. The van der Waals surface area contributed by atoms with Gasteiger partial charge in [-0.25, -0.2) is 4.79 Å². The smallest absolute Gasteiger partial charge is 0.298 e. The van der Waals surface area contributed by atoms with Gasteiger partial charge in [0.15, 0.2) is 12.0 Å². The second-order valence-electron chi connectivity index (χ2n) is 3.47. The van der Waals surface area contributed by atoms with Crippen molar-refractivity contribution in [3.63, 3.8) is 0 Å². The molecule has 0 spiro atoms. The van der Waals surface area contributed by atoms with E-state index in [1.807, 2.05) is 12.1 Å². The summed E-state index contributed by atoms with van der Waals surface area (Å²) in [5.41, 5.74) is 0.566. The monoisotopic (exact) mass is 230 g/mol. The van der Waals surface area contributed by atoms with E-state index >= 15 is 0 Å². The molecule has 4 heteroatoms. The van der Waals surface area contributed by atoms with Crippen molar-refractivity contribution in [3.05, 3.63) is 42.0 Å². The van der Waals surface area contributed by atoms with Crippen LogP contribution in [-0.4, -0.2) is 12.3 Å². The molecule has 0 aliphatic rings. The lowest BCUT2D eigenvalue weighted by Gasteiger charge is -2.07. The van der Waals surface area contributed by atoms with Gasteiger partial charge < -0.3 is 0 Å². The molecule has 0 aliphatic carbocycles. The number of rotatable bonds is 3. The van der Waals surface area contributed by atoms with Gasteiger partial charge in [-0.15, -0.1) is 0 Å². The SMILES string of the molecule is CC(=O)OOc1ccc(C=O)c2ccccc12. The molecule has 86 valence electrons. The second kappa shape index (κ2) is 4.65. The van der Waals surface area contributed by atoms with Crippen LogP contribution in [0.4, 0.5) is 0 Å². The molecule has 0 heterocycles. The van der Waals surface area contributed by atoms with Crippen molar-refractivity contribution in [2.45, 2.75) is 6.92 Å². The van der Waals surface area contributed by atoms with Gasteiger partial charge in [0.2, 0.25) is 0 Å². The maximum absolute atomic E-state index is 10.9.